The van der Waals surface area contributed by atoms with Gasteiger partial charge in [-0.25, -0.2) is 8.42 Å². The van der Waals surface area contributed by atoms with Gasteiger partial charge in [0.2, 0.25) is 5.13 Å². The zero-order valence-electron chi connectivity index (χ0n) is 15.6. The number of anilines is 1. The average Bonchev–Trinajstić information content (AvgIpc) is 3.10. The molecule has 1 aromatic heterocycles. The molecule has 0 bridgehead atoms. The summed E-state index contributed by atoms with van der Waals surface area (Å²) in [6.45, 7) is 4.59. The molecule has 1 aromatic carbocycles. The molecule has 3 N–H and O–H groups in total. The maximum absolute atomic E-state index is 12.6. The number of halogens is 1. The van der Waals surface area contributed by atoms with Gasteiger partial charge >= 0.3 is 0 Å². The first-order valence-electron chi connectivity index (χ1n) is 9.03. The number of nitrogens with zero attached hydrogens (tertiary/aromatic N) is 2. The second-order valence-electron chi connectivity index (χ2n) is 7.28. The molecule has 150 valence electrons. The fraction of sp³-hybridized carbons (Fsp3) is 0.556. The lowest BCUT2D eigenvalue weighted by Gasteiger charge is -2.36. The number of nitrogens with two attached hydrogens (primary N) is 1. The number of benzene rings is 1. The second kappa shape index (κ2) is 8.86. The van der Waals surface area contributed by atoms with Gasteiger partial charge in [-0.3, -0.25) is 4.72 Å². The molecule has 1 heterocycles. The van der Waals surface area contributed by atoms with Crippen molar-refractivity contribution < 1.29 is 8.42 Å². The van der Waals surface area contributed by atoms with Gasteiger partial charge in [-0.2, -0.15) is 0 Å². The number of sulfonamides is 1. The Hall–Kier alpha value is -1.22. The lowest BCUT2D eigenvalue weighted by atomic mass is 9.69. The largest absolute Gasteiger partial charge is 0.330 e. The number of hydrogen-bond donors (Lipinski definition) is 2. The number of rotatable bonds is 6. The molecule has 27 heavy (non-hydrogen) atoms. The Morgan fingerprint density at radius 1 is 1.15 bits per heavy atom. The maximum atomic E-state index is 12.6. The topological polar surface area (TPSA) is 98.0 Å². The van der Waals surface area contributed by atoms with Crippen LogP contribution in [0.3, 0.4) is 0 Å². The summed E-state index contributed by atoms with van der Waals surface area (Å²) in [6, 6.07) is 7.14. The van der Waals surface area contributed by atoms with Crippen molar-refractivity contribution >= 4 is 38.9 Å². The maximum Gasteiger partial charge on any atom is 0.263 e. The van der Waals surface area contributed by atoms with Crippen molar-refractivity contribution in [1.29, 1.82) is 0 Å². The van der Waals surface area contributed by atoms with E-state index in [1.54, 1.807) is 12.1 Å². The molecule has 0 amide bonds. The summed E-state index contributed by atoms with van der Waals surface area (Å²) in [5.74, 6) is 0.216. The third kappa shape index (κ3) is 4.80. The van der Waals surface area contributed by atoms with E-state index in [1.807, 2.05) is 26.0 Å². The van der Waals surface area contributed by atoms with Crippen molar-refractivity contribution in [2.24, 2.45) is 5.73 Å². The molecule has 0 radical (unpaired) electrons. The van der Waals surface area contributed by atoms with E-state index in [0.29, 0.717) is 11.7 Å². The van der Waals surface area contributed by atoms with E-state index in [9.17, 15) is 8.42 Å². The highest BCUT2D eigenvalue weighted by atomic mass is 35.5. The number of nitrogens with one attached hydrogen (secondary N) is 1. The highest BCUT2D eigenvalue weighted by molar-refractivity contribution is 7.93. The summed E-state index contributed by atoms with van der Waals surface area (Å²) in [6.07, 6.45) is 5.73. The molecule has 0 spiro atoms. The predicted molar refractivity (Wildman–Crippen MR) is 112 cm³/mol. The molecule has 1 aliphatic carbocycles. The minimum Gasteiger partial charge on any atom is -0.330 e. The average molecular weight is 431 g/mol. The Balaban J connectivity index is 0.00000261. The smallest absolute Gasteiger partial charge is 0.263 e. The lowest BCUT2D eigenvalue weighted by Crippen LogP contribution is -2.37. The number of aromatic nitrogens is 2. The third-order valence-electron chi connectivity index (χ3n) is 5.13. The molecule has 9 heteroatoms. The van der Waals surface area contributed by atoms with Crippen molar-refractivity contribution in [3.8, 4) is 0 Å². The highest BCUT2D eigenvalue weighted by Crippen LogP contribution is 2.39. The van der Waals surface area contributed by atoms with Gasteiger partial charge in [0.05, 0.1) is 4.90 Å². The van der Waals surface area contributed by atoms with Crippen molar-refractivity contribution in [2.45, 2.75) is 62.2 Å². The molecule has 1 aliphatic rings. The summed E-state index contributed by atoms with van der Waals surface area (Å²) >= 11 is 1.26. The highest BCUT2D eigenvalue weighted by Gasteiger charge is 2.32. The molecule has 0 unspecified atom stereocenters. The molecular formula is C18H27ClN4O2S2. The van der Waals surface area contributed by atoms with Crippen LogP contribution in [0, 0.1) is 0 Å². The van der Waals surface area contributed by atoms with Gasteiger partial charge in [0.1, 0.15) is 5.01 Å². The second-order valence-corrected chi connectivity index (χ2v) is 9.97. The van der Waals surface area contributed by atoms with Crippen molar-refractivity contribution in [3.63, 3.8) is 0 Å². The van der Waals surface area contributed by atoms with Crippen molar-refractivity contribution in [2.75, 3.05) is 11.3 Å². The van der Waals surface area contributed by atoms with Gasteiger partial charge in [0, 0.05) is 17.9 Å². The van der Waals surface area contributed by atoms with E-state index in [1.165, 1.54) is 30.6 Å². The van der Waals surface area contributed by atoms with Crippen LogP contribution in [0.4, 0.5) is 5.13 Å². The first-order chi connectivity index (χ1) is 12.4. The molecule has 3 rings (SSSR count). The SMILES string of the molecule is CC(C)c1nnc(NS(=O)(=O)c2ccc(C3(CN)CCCCC3)cc2)s1.Cl. The first-order valence-corrected chi connectivity index (χ1v) is 11.3. The minimum absolute atomic E-state index is 0. The molecule has 1 saturated carbocycles. The summed E-state index contributed by atoms with van der Waals surface area (Å²) in [5, 5.41) is 9.04. The third-order valence-corrected chi connectivity index (χ3v) is 7.76. The molecule has 0 saturated heterocycles. The predicted octanol–water partition coefficient (Wildman–Crippen LogP) is 4.04. The van der Waals surface area contributed by atoms with E-state index in [0.717, 1.165) is 23.4 Å². The van der Waals surface area contributed by atoms with Crippen LogP contribution in [-0.4, -0.2) is 25.2 Å². The molecular weight excluding hydrogens is 404 g/mol. The van der Waals surface area contributed by atoms with Crippen LogP contribution in [0.15, 0.2) is 29.2 Å². The van der Waals surface area contributed by atoms with Gasteiger partial charge < -0.3 is 5.73 Å². The van der Waals surface area contributed by atoms with E-state index in [-0.39, 0.29) is 28.6 Å². The Kier molecular flexibility index (Phi) is 7.24. The molecule has 2 aromatic rings. The molecule has 0 aliphatic heterocycles. The van der Waals surface area contributed by atoms with Crippen LogP contribution in [0.1, 0.15) is 62.4 Å². The van der Waals surface area contributed by atoms with Gasteiger partial charge in [-0.05, 0) is 30.5 Å². The molecule has 6 nitrogen and oxygen atoms in total. The first kappa shape index (κ1) is 22.1. The van der Waals surface area contributed by atoms with Crippen LogP contribution >= 0.6 is 23.7 Å². The Labute approximate surface area is 171 Å². The van der Waals surface area contributed by atoms with E-state index in [2.05, 4.69) is 14.9 Å². The normalized spacial score (nSPS) is 16.7. The Bertz CT molecular complexity index is 845. The van der Waals surface area contributed by atoms with Crippen LogP contribution in [-0.2, 0) is 15.4 Å². The zero-order chi connectivity index (χ0) is 18.8. The summed E-state index contributed by atoms with van der Waals surface area (Å²) < 4.78 is 27.8. The summed E-state index contributed by atoms with van der Waals surface area (Å²) in [7, 11) is -3.67. The van der Waals surface area contributed by atoms with E-state index >= 15 is 0 Å². The Morgan fingerprint density at radius 3 is 2.30 bits per heavy atom. The van der Waals surface area contributed by atoms with E-state index in [4.69, 9.17) is 5.73 Å². The van der Waals surface area contributed by atoms with Crippen molar-refractivity contribution in [1.82, 2.24) is 10.2 Å². The standard InChI is InChI=1S/C18H26N4O2S2.ClH/c1-13(2)16-20-21-17(25-16)22-26(23,24)15-8-6-14(7-9-15)18(12-19)10-4-3-5-11-18;/h6-9,13H,3-5,10-12,19H2,1-2H3,(H,21,22);1H. The van der Waals surface area contributed by atoms with Crippen molar-refractivity contribution in [3.05, 3.63) is 34.8 Å². The molecule has 0 atom stereocenters. The molecule has 1 fully saturated rings. The lowest BCUT2D eigenvalue weighted by molar-refractivity contribution is 0.300. The fourth-order valence-corrected chi connectivity index (χ4v) is 5.49. The fourth-order valence-electron chi connectivity index (χ4n) is 3.51. The van der Waals surface area contributed by atoms with Crippen LogP contribution in [0.5, 0.6) is 0 Å². The van der Waals surface area contributed by atoms with Gasteiger partial charge in [-0.1, -0.05) is 56.6 Å². The summed E-state index contributed by atoms with van der Waals surface area (Å²) in [4.78, 5) is 0.227. The number of hydrogen-bond acceptors (Lipinski definition) is 6. The minimum atomic E-state index is -3.67. The van der Waals surface area contributed by atoms with Gasteiger partial charge in [0.15, 0.2) is 0 Å². The van der Waals surface area contributed by atoms with Gasteiger partial charge in [-0.15, -0.1) is 22.6 Å². The monoisotopic (exact) mass is 430 g/mol. The summed E-state index contributed by atoms with van der Waals surface area (Å²) in [5.41, 5.74) is 7.20. The van der Waals surface area contributed by atoms with Crippen LogP contribution in [0.2, 0.25) is 0 Å². The quantitative estimate of drug-likeness (QED) is 0.720. The van der Waals surface area contributed by atoms with Gasteiger partial charge in [0.25, 0.3) is 10.0 Å². The van der Waals surface area contributed by atoms with E-state index < -0.39 is 10.0 Å². The van der Waals surface area contributed by atoms with Crippen LogP contribution < -0.4 is 10.5 Å². The Morgan fingerprint density at radius 2 is 1.78 bits per heavy atom. The zero-order valence-corrected chi connectivity index (χ0v) is 18.1. The van der Waals surface area contributed by atoms with Crippen LogP contribution in [0.25, 0.3) is 0 Å².